The number of hydrogen-bond acceptors (Lipinski definition) is 4. The van der Waals surface area contributed by atoms with Gasteiger partial charge in [-0.25, -0.2) is 12.8 Å². The van der Waals surface area contributed by atoms with Crippen molar-refractivity contribution in [2.45, 2.75) is 11.3 Å². The van der Waals surface area contributed by atoms with E-state index in [4.69, 9.17) is 4.74 Å². The van der Waals surface area contributed by atoms with Gasteiger partial charge in [0.25, 0.3) is 15.9 Å². The molecule has 0 saturated heterocycles. The first kappa shape index (κ1) is 21.3. The Hall–Kier alpha value is -3.39. The first-order chi connectivity index (χ1) is 14.4. The Morgan fingerprint density at radius 2 is 1.73 bits per heavy atom. The molecule has 3 aromatic rings. The zero-order valence-electron chi connectivity index (χ0n) is 16.3. The molecule has 0 fully saturated rings. The molecule has 156 valence electrons. The molecule has 3 rings (SSSR count). The van der Waals surface area contributed by atoms with E-state index in [0.29, 0.717) is 13.0 Å². The lowest BCUT2D eigenvalue weighted by molar-refractivity contribution is 0.0954. The minimum absolute atomic E-state index is 0.136. The molecule has 3 aromatic carbocycles. The van der Waals surface area contributed by atoms with Gasteiger partial charge >= 0.3 is 0 Å². The highest BCUT2D eigenvalue weighted by molar-refractivity contribution is 7.92. The van der Waals surface area contributed by atoms with Crippen LogP contribution < -0.4 is 14.8 Å². The third-order valence-electron chi connectivity index (χ3n) is 4.40. The maximum atomic E-state index is 13.8. The molecule has 0 heterocycles. The lowest BCUT2D eigenvalue weighted by atomic mass is 10.1. The molecule has 0 bridgehead atoms. The number of carbonyl (C=O) groups is 1. The second-order valence-corrected chi connectivity index (χ2v) is 8.11. The summed E-state index contributed by atoms with van der Waals surface area (Å²) in [5, 5.41) is 2.77. The summed E-state index contributed by atoms with van der Waals surface area (Å²) >= 11 is 0. The van der Waals surface area contributed by atoms with Crippen molar-refractivity contribution < 1.29 is 22.3 Å². The van der Waals surface area contributed by atoms with E-state index < -0.39 is 21.7 Å². The molecule has 0 atom stereocenters. The molecule has 0 aliphatic carbocycles. The van der Waals surface area contributed by atoms with Crippen molar-refractivity contribution in [2.24, 2.45) is 0 Å². The lowest BCUT2D eigenvalue weighted by Gasteiger charge is -2.11. The van der Waals surface area contributed by atoms with Crippen molar-refractivity contribution in [3.05, 3.63) is 89.7 Å². The normalized spacial score (nSPS) is 11.0. The largest absolute Gasteiger partial charge is 0.496 e. The van der Waals surface area contributed by atoms with E-state index in [9.17, 15) is 17.6 Å². The van der Waals surface area contributed by atoms with Crippen LogP contribution in [0.4, 0.5) is 10.1 Å². The summed E-state index contributed by atoms with van der Waals surface area (Å²) in [7, 11) is -2.47. The third-order valence-corrected chi connectivity index (χ3v) is 5.76. The molecule has 0 radical (unpaired) electrons. The van der Waals surface area contributed by atoms with Crippen molar-refractivity contribution in [2.75, 3.05) is 18.4 Å². The number of para-hydroxylation sites is 2. The fourth-order valence-electron chi connectivity index (χ4n) is 2.87. The summed E-state index contributed by atoms with van der Waals surface area (Å²) < 4.78 is 46.4. The van der Waals surface area contributed by atoms with Gasteiger partial charge in [-0.1, -0.05) is 36.4 Å². The second kappa shape index (κ2) is 9.41. The summed E-state index contributed by atoms with van der Waals surface area (Å²) in [6.07, 6.45) is 0.558. The molecular formula is C22H21FN2O4S. The number of sulfonamides is 1. The van der Waals surface area contributed by atoms with E-state index in [2.05, 4.69) is 10.0 Å². The Balaban J connectivity index is 1.68. The van der Waals surface area contributed by atoms with Gasteiger partial charge in [0.1, 0.15) is 11.6 Å². The maximum Gasteiger partial charge on any atom is 0.262 e. The van der Waals surface area contributed by atoms with Crippen LogP contribution in [0.25, 0.3) is 0 Å². The average molecular weight is 428 g/mol. The molecule has 0 saturated carbocycles. The fourth-order valence-corrected chi connectivity index (χ4v) is 3.99. The third kappa shape index (κ3) is 5.15. The topological polar surface area (TPSA) is 84.5 Å². The van der Waals surface area contributed by atoms with Crippen LogP contribution >= 0.6 is 0 Å². The van der Waals surface area contributed by atoms with Gasteiger partial charge in [-0.3, -0.25) is 9.52 Å². The highest BCUT2D eigenvalue weighted by Crippen LogP contribution is 2.20. The number of rotatable bonds is 8. The molecule has 8 heteroatoms. The van der Waals surface area contributed by atoms with Crippen LogP contribution in [-0.4, -0.2) is 28.0 Å². The maximum absolute atomic E-state index is 13.8. The van der Waals surface area contributed by atoms with Gasteiger partial charge in [0, 0.05) is 12.1 Å². The van der Waals surface area contributed by atoms with E-state index in [0.717, 1.165) is 17.4 Å². The summed E-state index contributed by atoms with van der Waals surface area (Å²) in [4.78, 5) is 12.3. The zero-order valence-corrected chi connectivity index (χ0v) is 17.1. The van der Waals surface area contributed by atoms with Gasteiger partial charge in [0.15, 0.2) is 0 Å². The molecular weight excluding hydrogens is 407 g/mol. The highest BCUT2D eigenvalue weighted by Gasteiger charge is 2.18. The average Bonchev–Trinajstić information content (AvgIpc) is 2.75. The molecule has 0 aromatic heterocycles. The van der Waals surface area contributed by atoms with E-state index in [1.54, 1.807) is 7.11 Å². The van der Waals surface area contributed by atoms with Crippen LogP contribution in [0, 0.1) is 5.82 Å². The molecule has 0 unspecified atom stereocenters. The molecule has 0 aliphatic heterocycles. The van der Waals surface area contributed by atoms with Gasteiger partial charge in [-0.05, 0) is 48.4 Å². The van der Waals surface area contributed by atoms with Crippen LogP contribution in [0.2, 0.25) is 0 Å². The van der Waals surface area contributed by atoms with Crippen LogP contribution in [-0.2, 0) is 16.4 Å². The molecule has 2 N–H and O–H groups in total. The Bertz CT molecular complexity index is 1150. The number of benzene rings is 3. The van der Waals surface area contributed by atoms with Crippen molar-refractivity contribution in [1.29, 1.82) is 0 Å². The van der Waals surface area contributed by atoms with E-state index in [1.165, 1.54) is 42.5 Å². The van der Waals surface area contributed by atoms with Crippen molar-refractivity contribution in [3.63, 3.8) is 0 Å². The number of anilines is 1. The summed E-state index contributed by atoms with van der Waals surface area (Å²) in [5.74, 6) is -0.363. The van der Waals surface area contributed by atoms with Gasteiger partial charge in [-0.15, -0.1) is 0 Å². The fraction of sp³-hybridized carbons (Fsp3) is 0.136. The van der Waals surface area contributed by atoms with Gasteiger partial charge in [0.05, 0.1) is 17.7 Å². The molecule has 0 spiro atoms. The number of hydrogen-bond donors (Lipinski definition) is 2. The SMILES string of the molecule is COc1ccccc1CCNC(=O)c1cccc(S(=O)(=O)Nc2ccccc2F)c1. The summed E-state index contributed by atoms with van der Waals surface area (Å²) in [6.45, 7) is 0.351. The minimum Gasteiger partial charge on any atom is -0.496 e. The van der Waals surface area contributed by atoms with Gasteiger partial charge < -0.3 is 10.1 Å². The predicted molar refractivity (Wildman–Crippen MR) is 113 cm³/mol. The van der Waals surface area contributed by atoms with E-state index >= 15 is 0 Å². The number of methoxy groups -OCH3 is 1. The number of halogens is 1. The Morgan fingerprint density at radius 3 is 2.50 bits per heavy atom. The standard InChI is InChI=1S/C22H21FN2O4S/c1-29-21-12-5-2-7-16(21)13-14-24-22(26)17-8-6-9-18(15-17)30(27,28)25-20-11-4-3-10-19(20)23/h2-12,15,25H,13-14H2,1H3,(H,24,26). The Labute approximate surface area is 174 Å². The minimum atomic E-state index is -4.05. The zero-order chi connectivity index (χ0) is 21.6. The van der Waals surface area contributed by atoms with Crippen LogP contribution in [0.5, 0.6) is 5.75 Å². The first-order valence-corrected chi connectivity index (χ1v) is 10.7. The number of ether oxygens (including phenoxy) is 1. The van der Waals surface area contributed by atoms with Gasteiger partial charge in [0.2, 0.25) is 0 Å². The van der Waals surface area contributed by atoms with Crippen molar-refractivity contribution in [3.8, 4) is 5.75 Å². The predicted octanol–water partition coefficient (Wildman–Crippen LogP) is 3.61. The van der Waals surface area contributed by atoms with Crippen molar-refractivity contribution in [1.82, 2.24) is 5.32 Å². The monoisotopic (exact) mass is 428 g/mol. The van der Waals surface area contributed by atoms with Gasteiger partial charge in [-0.2, -0.15) is 0 Å². The van der Waals surface area contributed by atoms with E-state index in [1.807, 2.05) is 24.3 Å². The van der Waals surface area contributed by atoms with E-state index in [-0.39, 0.29) is 16.1 Å². The second-order valence-electron chi connectivity index (χ2n) is 6.43. The number of nitrogens with one attached hydrogen (secondary N) is 2. The molecule has 30 heavy (non-hydrogen) atoms. The van der Waals surface area contributed by atoms with Crippen molar-refractivity contribution >= 4 is 21.6 Å². The molecule has 1 amide bonds. The summed E-state index contributed by atoms with van der Waals surface area (Å²) in [6, 6.07) is 18.5. The number of carbonyl (C=O) groups excluding carboxylic acids is 1. The Kier molecular flexibility index (Phi) is 6.68. The van der Waals surface area contributed by atoms with Crippen LogP contribution in [0.1, 0.15) is 15.9 Å². The Morgan fingerprint density at radius 1 is 1.00 bits per heavy atom. The summed E-state index contributed by atoms with van der Waals surface area (Å²) in [5.41, 5.74) is 0.973. The highest BCUT2D eigenvalue weighted by atomic mass is 32.2. The number of amides is 1. The smallest absolute Gasteiger partial charge is 0.262 e. The molecule has 0 aliphatic rings. The lowest BCUT2D eigenvalue weighted by Crippen LogP contribution is -2.26. The molecule has 6 nitrogen and oxygen atoms in total. The van der Waals surface area contributed by atoms with Crippen LogP contribution in [0.15, 0.2) is 77.7 Å². The quantitative estimate of drug-likeness (QED) is 0.574. The van der Waals surface area contributed by atoms with Crippen LogP contribution in [0.3, 0.4) is 0 Å². The first-order valence-electron chi connectivity index (χ1n) is 9.18.